The van der Waals surface area contributed by atoms with Gasteiger partial charge in [0.15, 0.2) is 0 Å². The molecule has 1 aromatic carbocycles. The summed E-state index contributed by atoms with van der Waals surface area (Å²) in [4.78, 5) is 0.233. The number of benzene rings is 1. The fraction of sp³-hybridized carbons (Fsp3) is 0.400. The van der Waals surface area contributed by atoms with Gasteiger partial charge in [-0.3, -0.25) is 4.18 Å². The zero-order chi connectivity index (χ0) is 10.8. The van der Waals surface area contributed by atoms with Crippen molar-refractivity contribution in [1.29, 1.82) is 0 Å². The summed E-state index contributed by atoms with van der Waals surface area (Å²) in [5.41, 5.74) is 1.93. The highest BCUT2D eigenvalue weighted by Crippen LogP contribution is 2.16. The molecule has 0 aliphatic heterocycles. The van der Waals surface area contributed by atoms with Gasteiger partial charge in [-0.05, 0) is 36.6 Å². The van der Waals surface area contributed by atoms with Crippen LogP contribution in [0.5, 0.6) is 0 Å². The first kappa shape index (κ1) is 11.2. The fourth-order valence-corrected chi connectivity index (χ4v) is 2.09. The third-order valence-electron chi connectivity index (χ3n) is 2.03. The highest BCUT2D eigenvalue weighted by Gasteiger charge is 2.13. The molecule has 0 N–H and O–H groups in total. The van der Waals surface area contributed by atoms with E-state index in [4.69, 9.17) is 0 Å². The van der Waals surface area contributed by atoms with E-state index >= 15 is 0 Å². The second-order valence-electron chi connectivity index (χ2n) is 3.13. The van der Waals surface area contributed by atoms with Crippen LogP contribution >= 0.6 is 0 Å². The van der Waals surface area contributed by atoms with Crippen LogP contribution in [0.3, 0.4) is 0 Å². The Morgan fingerprint density at radius 3 is 2.43 bits per heavy atom. The maximum atomic E-state index is 11.4. The van der Waals surface area contributed by atoms with Crippen molar-refractivity contribution in [3.63, 3.8) is 0 Å². The van der Waals surface area contributed by atoms with E-state index < -0.39 is 10.1 Å². The van der Waals surface area contributed by atoms with Crippen LogP contribution in [0.25, 0.3) is 0 Å². The van der Waals surface area contributed by atoms with E-state index in [2.05, 4.69) is 4.18 Å². The average Bonchev–Trinajstić information content (AvgIpc) is 2.16. The Morgan fingerprint density at radius 2 is 1.93 bits per heavy atom. The molecule has 0 spiro atoms. The van der Waals surface area contributed by atoms with Crippen molar-refractivity contribution in [2.45, 2.75) is 25.2 Å². The van der Waals surface area contributed by atoms with Gasteiger partial charge in [0.05, 0.1) is 12.0 Å². The van der Waals surface area contributed by atoms with E-state index in [1.165, 1.54) is 7.11 Å². The van der Waals surface area contributed by atoms with E-state index in [1.54, 1.807) is 12.1 Å². The number of aryl methyl sites for hydroxylation is 2. The zero-order valence-electron chi connectivity index (χ0n) is 8.57. The lowest BCUT2D eigenvalue weighted by Gasteiger charge is -2.05. The molecular formula is C10H14O3S. The molecule has 0 aliphatic rings. The summed E-state index contributed by atoms with van der Waals surface area (Å²) in [6.45, 7) is 3.85. The molecule has 0 bridgehead atoms. The van der Waals surface area contributed by atoms with Crippen LogP contribution in [-0.4, -0.2) is 15.5 Å². The summed E-state index contributed by atoms with van der Waals surface area (Å²) in [7, 11) is -2.38. The lowest BCUT2D eigenvalue weighted by atomic mass is 10.1. The van der Waals surface area contributed by atoms with Gasteiger partial charge in [-0.1, -0.05) is 13.0 Å². The van der Waals surface area contributed by atoms with Crippen molar-refractivity contribution >= 4 is 10.1 Å². The topological polar surface area (TPSA) is 43.4 Å². The molecule has 3 nitrogen and oxygen atoms in total. The molecule has 0 amide bonds. The van der Waals surface area contributed by atoms with Crippen molar-refractivity contribution in [2.24, 2.45) is 0 Å². The Balaban J connectivity index is 3.29. The van der Waals surface area contributed by atoms with Crippen molar-refractivity contribution < 1.29 is 12.6 Å². The van der Waals surface area contributed by atoms with Gasteiger partial charge in [-0.25, -0.2) is 0 Å². The standard InChI is InChI=1S/C10H14O3S/c1-4-9-5-8(2)6-10(7-9)14(11,12)13-3/h5-7H,4H2,1-3H3. The van der Waals surface area contributed by atoms with Crippen LogP contribution in [0.2, 0.25) is 0 Å². The van der Waals surface area contributed by atoms with Crippen molar-refractivity contribution in [3.8, 4) is 0 Å². The predicted molar refractivity (Wildman–Crippen MR) is 54.8 cm³/mol. The van der Waals surface area contributed by atoms with Gasteiger partial charge in [0, 0.05) is 0 Å². The molecule has 1 aromatic rings. The predicted octanol–water partition coefficient (Wildman–Crippen LogP) is 1.89. The molecule has 0 heterocycles. The summed E-state index contributed by atoms with van der Waals surface area (Å²) in [6, 6.07) is 5.22. The van der Waals surface area contributed by atoms with Crippen LogP contribution in [0.15, 0.2) is 23.1 Å². The first-order chi connectivity index (χ1) is 6.49. The number of hydrogen-bond acceptors (Lipinski definition) is 3. The molecule has 0 saturated carbocycles. The molecule has 0 aromatic heterocycles. The Morgan fingerprint density at radius 1 is 1.29 bits per heavy atom. The maximum absolute atomic E-state index is 11.4. The Kier molecular flexibility index (Phi) is 3.29. The van der Waals surface area contributed by atoms with Crippen LogP contribution < -0.4 is 0 Å². The summed E-state index contributed by atoms with van der Waals surface area (Å²) >= 11 is 0. The van der Waals surface area contributed by atoms with E-state index in [9.17, 15) is 8.42 Å². The van der Waals surface area contributed by atoms with Crippen LogP contribution in [-0.2, 0) is 20.7 Å². The van der Waals surface area contributed by atoms with E-state index in [1.807, 2.05) is 19.9 Å². The Hall–Kier alpha value is -0.870. The summed E-state index contributed by atoms with van der Waals surface area (Å²) < 4.78 is 27.2. The monoisotopic (exact) mass is 214 g/mol. The maximum Gasteiger partial charge on any atom is 0.296 e. The van der Waals surface area contributed by atoms with Gasteiger partial charge in [-0.2, -0.15) is 8.42 Å². The van der Waals surface area contributed by atoms with Crippen molar-refractivity contribution in [2.75, 3.05) is 7.11 Å². The molecular weight excluding hydrogens is 200 g/mol. The van der Waals surface area contributed by atoms with Crippen LogP contribution in [0.4, 0.5) is 0 Å². The Bertz CT molecular complexity index is 421. The summed E-state index contributed by atoms with van der Waals surface area (Å²) in [5.74, 6) is 0. The van der Waals surface area contributed by atoms with E-state index in [0.717, 1.165) is 17.5 Å². The van der Waals surface area contributed by atoms with Crippen LogP contribution in [0, 0.1) is 6.92 Å². The van der Waals surface area contributed by atoms with E-state index in [-0.39, 0.29) is 4.90 Å². The first-order valence-corrected chi connectivity index (χ1v) is 5.81. The average molecular weight is 214 g/mol. The molecule has 4 heteroatoms. The normalized spacial score (nSPS) is 11.6. The lowest BCUT2D eigenvalue weighted by Crippen LogP contribution is -2.03. The molecule has 14 heavy (non-hydrogen) atoms. The second kappa shape index (κ2) is 4.11. The van der Waals surface area contributed by atoms with Crippen molar-refractivity contribution in [1.82, 2.24) is 0 Å². The van der Waals surface area contributed by atoms with Crippen molar-refractivity contribution in [3.05, 3.63) is 29.3 Å². The third-order valence-corrected chi connectivity index (χ3v) is 3.28. The van der Waals surface area contributed by atoms with E-state index in [0.29, 0.717) is 0 Å². The SMILES string of the molecule is CCc1cc(C)cc(S(=O)(=O)OC)c1. The van der Waals surface area contributed by atoms with Gasteiger partial charge < -0.3 is 0 Å². The fourth-order valence-electron chi connectivity index (χ4n) is 1.27. The number of hydrogen-bond donors (Lipinski definition) is 0. The highest BCUT2D eigenvalue weighted by atomic mass is 32.2. The second-order valence-corrected chi connectivity index (χ2v) is 4.84. The van der Waals surface area contributed by atoms with Crippen LogP contribution in [0.1, 0.15) is 18.1 Å². The molecule has 0 atom stereocenters. The van der Waals surface area contributed by atoms with Gasteiger partial charge in [0.25, 0.3) is 10.1 Å². The largest absolute Gasteiger partial charge is 0.296 e. The molecule has 0 aliphatic carbocycles. The molecule has 0 fully saturated rings. The first-order valence-electron chi connectivity index (χ1n) is 4.41. The molecule has 0 saturated heterocycles. The minimum Gasteiger partial charge on any atom is -0.270 e. The third kappa shape index (κ3) is 2.33. The summed E-state index contributed by atoms with van der Waals surface area (Å²) in [5, 5.41) is 0. The summed E-state index contributed by atoms with van der Waals surface area (Å²) in [6.07, 6.45) is 0.813. The van der Waals surface area contributed by atoms with Gasteiger partial charge >= 0.3 is 0 Å². The molecule has 0 radical (unpaired) electrons. The molecule has 0 unspecified atom stereocenters. The minimum absolute atomic E-state index is 0.233. The van der Waals surface area contributed by atoms with Gasteiger partial charge in [0.2, 0.25) is 0 Å². The lowest BCUT2D eigenvalue weighted by molar-refractivity contribution is 0.397. The molecule has 78 valence electrons. The van der Waals surface area contributed by atoms with Gasteiger partial charge in [0.1, 0.15) is 0 Å². The quantitative estimate of drug-likeness (QED) is 0.722. The minimum atomic E-state index is -3.55. The molecule has 1 rings (SSSR count). The highest BCUT2D eigenvalue weighted by molar-refractivity contribution is 7.86. The Labute approximate surface area is 84.8 Å². The zero-order valence-corrected chi connectivity index (χ0v) is 9.39. The smallest absolute Gasteiger partial charge is 0.270 e. The van der Waals surface area contributed by atoms with Gasteiger partial charge in [-0.15, -0.1) is 0 Å². The number of rotatable bonds is 3.